The van der Waals surface area contributed by atoms with Crippen LogP contribution in [0.4, 0.5) is 14.9 Å². The minimum atomic E-state index is -0.905. The van der Waals surface area contributed by atoms with E-state index in [1.165, 1.54) is 28.4 Å². The molecule has 1 aromatic heterocycles. The average molecular weight is 496 g/mol. The molecule has 2 heterocycles. The van der Waals surface area contributed by atoms with Crippen molar-refractivity contribution in [3.8, 4) is 0 Å². The van der Waals surface area contributed by atoms with Crippen molar-refractivity contribution in [2.45, 2.75) is 32.5 Å². The quantitative estimate of drug-likeness (QED) is 0.462. The summed E-state index contributed by atoms with van der Waals surface area (Å²) in [6.07, 6.45) is -1.46. The van der Waals surface area contributed by atoms with Crippen LogP contribution >= 0.6 is 11.3 Å². The molecule has 9 heteroatoms. The summed E-state index contributed by atoms with van der Waals surface area (Å²) in [7, 11) is 0. The highest BCUT2D eigenvalue weighted by atomic mass is 32.1. The van der Waals surface area contributed by atoms with Crippen molar-refractivity contribution >= 4 is 34.9 Å². The number of nitrogens with zero attached hydrogens (tertiary/aromatic N) is 1. The molecule has 1 aliphatic heterocycles. The number of carbonyl (C=O) groups excluding carboxylic acids is 3. The average Bonchev–Trinajstić information content (AvgIpc) is 3.48. The third kappa shape index (κ3) is 5.86. The van der Waals surface area contributed by atoms with Crippen molar-refractivity contribution in [3.63, 3.8) is 0 Å². The van der Waals surface area contributed by atoms with E-state index in [1.54, 1.807) is 48.5 Å². The molecule has 1 fully saturated rings. The van der Waals surface area contributed by atoms with E-state index in [0.717, 1.165) is 0 Å². The van der Waals surface area contributed by atoms with Crippen LogP contribution < -0.4 is 10.6 Å². The van der Waals surface area contributed by atoms with E-state index < -0.39 is 18.2 Å². The summed E-state index contributed by atoms with van der Waals surface area (Å²) in [6, 6.07) is 15.3. The molecular weight excluding hydrogens is 469 g/mol. The number of cyclic esters (lactones) is 1. The fourth-order valence-electron chi connectivity index (χ4n) is 3.76. The number of ether oxygens (including phenoxy) is 1. The van der Waals surface area contributed by atoms with Crippen LogP contribution in [0.3, 0.4) is 0 Å². The van der Waals surface area contributed by atoms with Gasteiger partial charge in [0.15, 0.2) is 12.1 Å². The molecule has 0 spiro atoms. The SMILES string of the molecule is CC(C)CNC(=O)[C@@H]1[C@H](c2ccc(NC(=O)c3cccs3)cc2)OC(=O)N1Cc1ccc(F)cc1. The number of thiophene rings is 1. The molecule has 2 N–H and O–H groups in total. The number of hydrogen-bond acceptors (Lipinski definition) is 5. The highest BCUT2D eigenvalue weighted by Crippen LogP contribution is 2.34. The van der Waals surface area contributed by atoms with Gasteiger partial charge in [0.05, 0.1) is 11.4 Å². The first kappa shape index (κ1) is 24.4. The predicted octanol–water partition coefficient (Wildman–Crippen LogP) is 4.97. The van der Waals surface area contributed by atoms with Gasteiger partial charge < -0.3 is 15.4 Å². The second kappa shape index (κ2) is 10.7. The molecule has 2 aromatic carbocycles. The van der Waals surface area contributed by atoms with E-state index >= 15 is 0 Å². The summed E-state index contributed by atoms with van der Waals surface area (Å²) < 4.78 is 19.0. The minimum absolute atomic E-state index is 0.102. The standard InChI is InChI=1S/C26H26FN3O4S/c1-16(2)14-28-25(32)22-23(34-26(33)30(22)15-17-5-9-19(27)10-6-17)18-7-11-20(12-8-18)29-24(31)21-4-3-13-35-21/h3-13,16,22-23H,14-15H2,1-2H3,(H,28,32)(H,29,31)/t22-,23-/m0/s1. The third-order valence-electron chi connectivity index (χ3n) is 5.55. The largest absolute Gasteiger partial charge is 0.438 e. The molecule has 0 unspecified atom stereocenters. The van der Waals surface area contributed by atoms with Gasteiger partial charge in [0.25, 0.3) is 5.91 Å². The second-order valence-electron chi connectivity index (χ2n) is 8.70. The third-order valence-corrected chi connectivity index (χ3v) is 6.41. The molecular formula is C26H26FN3O4S. The summed E-state index contributed by atoms with van der Waals surface area (Å²) in [5.74, 6) is -0.691. The van der Waals surface area contributed by atoms with Gasteiger partial charge in [-0.3, -0.25) is 14.5 Å². The second-order valence-corrected chi connectivity index (χ2v) is 9.64. The van der Waals surface area contributed by atoms with Gasteiger partial charge >= 0.3 is 6.09 Å². The Balaban J connectivity index is 1.55. The number of hydrogen-bond donors (Lipinski definition) is 2. The van der Waals surface area contributed by atoms with Gasteiger partial charge in [-0.05, 0) is 52.8 Å². The molecule has 0 saturated carbocycles. The van der Waals surface area contributed by atoms with E-state index in [4.69, 9.17) is 4.74 Å². The lowest BCUT2D eigenvalue weighted by atomic mass is 10.00. The minimum Gasteiger partial charge on any atom is -0.438 e. The Hall–Kier alpha value is -3.72. The Morgan fingerprint density at radius 1 is 1.09 bits per heavy atom. The molecule has 1 saturated heterocycles. The molecule has 7 nitrogen and oxygen atoms in total. The summed E-state index contributed by atoms with van der Waals surface area (Å²) in [6.45, 7) is 4.51. The van der Waals surface area contributed by atoms with E-state index in [0.29, 0.717) is 28.2 Å². The first-order valence-corrected chi connectivity index (χ1v) is 12.1. The number of halogens is 1. The van der Waals surface area contributed by atoms with E-state index in [1.807, 2.05) is 19.2 Å². The smallest absolute Gasteiger partial charge is 0.411 e. The van der Waals surface area contributed by atoms with Crippen molar-refractivity contribution in [1.29, 1.82) is 0 Å². The molecule has 3 amide bonds. The lowest BCUT2D eigenvalue weighted by molar-refractivity contribution is -0.126. The van der Waals surface area contributed by atoms with Crippen LogP contribution in [0.1, 0.15) is 40.8 Å². The van der Waals surface area contributed by atoms with Crippen molar-refractivity contribution < 1.29 is 23.5 Å². The Morgan fingerprint density at radius 3 is 2.43 bits per heavy atom. The maximum atomic E-state index is 13.3. The lowest BCUT2D eigenvalue weighted by Gasteiger charge is -2.24. The molecule has 2 atom stereocenters. The number of amides is 3. The van der Waals surface area contributed by atoms with E-state index in [9.17, 15) is 18.8 Å². The van der Waals surface area contributed by atoms with Gasteiger partial charge in [0.1, 0.15) is 5.82 Å². The van der Waals surface area contributed by atoms with Crippen LogP contribution in [0.5, 0.6) is 0 Å². The highest BCUT2D eigenvalue weighted by molar-refractivity contribution is 7.12. The van der Waals surface area contributed by atoms with Crippen molar-refractivity contribution in [2.24, 2.45) is 5.92 Å². The fourth-order valence-corrected chi connectivity index (χ4v) is 4.38. The van der Waals surface area contributed by atoms with Gasteiger partial charge in [-0.1, -0.05) is 44.2 Å². The lowest BCUT2D eigenvalue weighted by Crippen LogP contribution is -2.47. The number of anilines is 1. The topological polar surface area (TPSA) is 87.7 Å². The molecule has 0 bridgehead atoms. The maximum Gasteiger partial charge on any atom is 0.411 e. The zero-order valence-electron chi connectivity index (χ0n) is 19.4. The zero-order valence-corrected chi connectivity index (χ0v) is 20.2. The Labute approximate surface area is 206 Å². The van der Waals surface area contributed by atoms with Crippen LogP contribution in [0.25, 0.3) is 0 Å². The fraction of sp³-hybridized carbons (Fsp3) is 0.269. The monoisotopic (exact) mass is 495 g/mol. The van der Waals surface area contributed by atoms with Crippen molar-refractivity contribution in [3.05, 3.63) is 87.9 Å². The molecule has 1 aliphatic rings. The van der Waals surface area contributed by atoms with E-state index in [2.05, 4.69) is 10.6 Å². The number of carbonyl (C=O) groups is 3. The summed E-state index contributed by atoms with van der Waals surface area (Å²) in [5, 5.41) is 7.55. The predicted molar refractivity (Wildman–Crippen MR) is 132 cm³/mol. The molecule has 35 heavy (non-hydrogen) atoms. The number of nitrogens with one attached hydrogen (secondary N) is 2. The summed E-state index contributed by atoms with van der Waals surface area (Å²) >= 11 is 1.35. The molecule has 0 aliphatic carbocycles. The Kier molecular flexibility index (Phi) is 7.45. The molecule has 182 valence electrons. The van der Waals surface area contributed by atoms with Crippen LogP contribution in [-0.4, -0.2) is 35.4 Å². The van der Waals surface area contributed by atoms with Gasteiger partial charge in [-0.15, -0.1) is 11.3 Å². The van der Waals surface area contributed by atoms with Gasteiger partial charge in [-0.25, -0.2) is 9.18 Å². The van der Waals surface area contributed by atoms with Crippen molar-refractivity contribution in [1.82, 2.24) is 10.2 Å². The molecule has 3 aromatic rings. The molecule has 0 radical (unpaired) electrons. The van der Waals surface area contributed by atoms with Crippen LogP contribution in [0.2, 0.25) is 0 Å². The molecule has 4 rings (SSSR count). The summed E-state index contributed by atoms with van der Waals surface area (Å²) in [4.78, 5) is 40.3. The van der Waals surface area contributed by atoms with Gasteiger partial charge in [0.2, 0.25) is 5.91 Å². The first-order valence-electron chi connectivity index (χ1n) is 11.3. The highest BCUT2D eigenvalue weighted by Gasteiger charge is 2.46. The summed E-state index contributed by atoms with van der Waals surface area (Å²) in [5.41, 5.74) is 1.89. The normalized spacial score (nSPS) is 17.4. The van der Waals surface area contributed by atoms with Gasteiger partial charge in [-0.2, -0.15) is 0 Å². The Bertz CT molecular complexity index is 1180. The van der Waals surface area contributed by atoms with Crippen LogP contribution in [0, 0.1) is 11.7 Å². The van der Waals surface area contributed by atoms with E-state index in [-0.39, 0.29) is 30.1 Å². The Morgan fingerprint density at radius 2 is 1.80 bits per heavy atom. The van der Waals surface area contributed by atoms with Crippen LogP contribution in [0.15, 0.2) is 66.0 Å². The van der Waals surface area contributed by atoms with Crippen molar-refractivity contribution in [2.75, 3.05) is 11.9 Å². The zero-order chi connectivity index (χ0) is 24.9. The van der Waals surface area contributed by atoms with Gasteiger partial charge in [0, 0.05) is 12.2 Å². The number of rotatable bonds is 8. The van der Waals surface area contributed by atoms with Crippen LogP contribution in [-0.2, 0) is 16.1 Å². The number of benzene rings is 2. The maximum absolute atomic E-state index is 13.3. The first-order chi connectivity index (χ1) is 16.8.